The van der Waals surface area contributed by atoms with E-state index in [1.54, 1.807) is 48.4 Å². The number of carbonyl (C=O) groups excluding carboxylic acids is 2. The van der Waals surface area contributed by atoms with E-state index in [-0.39, 0.29) is 28.7 Å². The molecule has 0 aromatic heterocycles. The summed E-state index contributed by atoms with van der Waals surface area (Å²) in [6.07, 6.45) is 1.21. The van der Waals surface area contributed by atoms with Crippen LogP contribution in [0.15, 0.2) is 95.9 Å². The highest BCUT2D eigenvalue weighted by Crippen LogP contribution is 2.33. The highest BCUT2D eigenvalue weighted by molar-refractivity contribution is 7.89. The fraction of sp³-hybridized carbons (Fsp3) is 0.188. The monoisotopic (exact) mass is 585 g/mol. The molecule has 0 aliphatic carbocycles. The Labute approximate surface area is 245 Å². The number of methoxy groups -OCH3 is 2. The van der Waals surface area contributed by atoms with Gasteiger partial charge >= 0.3 is 0 Å². The quantitative estimate of drug-likeness (QED) is 0.279. The van der Waals surface area contributed by atoms with Crippen molar-refractivity contribution in [3.05, 3.63) is 113 Å². The number of nitrogens with one attached hydrogen (secondary N) is 2. The number of rotatable bonds is 10. The molecule has 0 radical (unpaired) electrons. The van der Waals surface area contributed by atoms with Crippen molar-refractivity contribution in [3.8, 4) is 11.5 Å². The molecule has 216 valence electrons. The Kier molecular flexibility index (Phi) is 8.56. The molecule has 0 bridgehead atoms. The number of carbonyl (C=O) groups is 2. The summed E-state index contributed by atoms with van der Waals surface area (Å²) in [4.78, 5) is 28.0. The van der Waals surface area contributed by atoms with Gasteiger partial charge in [0.2, 0.25) is 10.0 Å². The van der Waals surface area contributed by atoms with E-state index in [0.29, 0.717) is 42.1 Å². The van der Waals surface area contributed by atoms with Crippen LogP contribution in [0.25, 0.3) is 0 Å². The van der Waals surface area contributed by atoms with Crippen LogP contribution < -0.4 is 24.4 Å². The molecule has 0 saturated heterocycles. The van der Waals surface area contributed by atoms with E-state index in [1.165, 1.54) is 25.3 Å². The third-order valence-electron chi connectivity index (χ3n) is 7.08. The Balaban J connectivity index is 1.31. The van der Waals surface area contributed by atoms with Crippen LogP contribution in [0.2, 0.25) is 0 Å². The molecule has 0 unspecified atom stereocenters. The van der Waals surface area contributed by atoms with Gasteiger partial charge in [-0.2, -0.15) is 0 Å². The van der Waals surface area contributed by atoms with Gasteiger partial charge in [0.15, 0.2) is 0 Å². The summed E-state index contributed by atoms with van der Waals surface area (Å²) in [5.74, 6) is 0.147. The predicted molar refractivity (Wildman–Crippen MR) is 161 cm³/mol. The Morgan fingerprint density at radius 2 is 1.60 bits per heavy atom. The fourth-order valence-electron chi connectivity index (χ4n) is 4.84. The summed E-state index contributed by atoms with van der Waals surface area (Å²) in [6, 6.07) is 26.1. The van der Waals surface area contributed by atoms with Gasteiger partial charge in [-0.3, -0.25) is 9.59 Å². The summed E-state index contributed by atoms with van der Waals surface area (Å²) in [5, 5.41) is 2.83. The van der Waals surface area contributed by atoms with E-state index in [1.807, 2.05) is 36.4 Å². The van der Waals surface area contributed by atoms with Crippen LogP contribution in [0.5, 0.6) is 11.5 Å². The minimum atomic E-state index is -3.96. The topological polar surface area (TPSA) is 114 Å². The van der Waals surface area contributed by atoms with Crippen LogP contribution in [-0.4, -0.2) is 47.5 Å². The Morgan fingerprint density at radius 3 is 2.31 bits per heavy atom. The first-order valence-corrected chi connectivity index (χ1v) is 14.9. The Bertz CT molecular complexity index is 1710. The normalized spacial score (nSPS) is 12.5. The standard InChI is InChI=1S/C32H31N3O6S/c1-40-27-13-9-24(10-14-27)32(37)35-19-17-23-8-12-26(21-28(23)35)34-31(36)25-11-15-29(41-2)30(20-25)42(38,39)33-18-16-22-6-4-3-5-7-22/h3-15,20-21,33H,16-19H2,1-2H3,(H,34,36). The van der Waals surface area contributed by atoms with Crippen molar-refractivity contribution < 1.29 is 27.5 Å². The van der Waals surface area contributed by atoms with Crippen molar-refractivity contribution >= 4 is 33.2 Å². The van der Waals surface area contributed by atoms with Crippen molar-refractivity contribution in [2.24, 2.45) is 0 Å². The summed E-state index contributed by atoms with van der Waals surface area (Å²) in [5.41, 5.74) is 3.87. The average Bonchev–Trinajstić information content (AvgIpc) is 3.44. The number of ether oxygens (including phenoxy) is 2. The lowest BCUT2D eigenvalue weighted by Gasteiger charge is -2.18. The minimum Gasteiger partial charge on any atom is -0.497 e. The zero-order chi connectivity index (χ0) is 29.7. The second-order valence-corrected chi connectivity index (χ2v) is 11.5. The summed E-state index contributed by atoms with van der Waals surface area (Å²) in [7, 11) is -1.02. The second-order valence-electron chi connectivity index (χ2n) is 9.73. The minimum absolute atomic E-state index is 0.129. The van der Waals surface area contributed by atoms with E-state index in [4.69, 9.17) is 9.47 Å². The van der Waals surface area contributed by atoms with Crippen LogP contribution in [0.3, 0.4) is 0 Å². The first kappa shape index (κ1) is 28.8. The van der Waals surface area contributed by atoms with Gasteiger partial charge in [-0.15, -0.1) is 0 Å². The highest BCUT2D eigenvalue weighted by Gasteiger charge is 2.27. The van der Waals surface area contributed by atoms with Gasteiger partial charge in [-0.25, -0.2) is 13.1 Å². The fourth-order valence-corrected chi connectivity index (χ4v) is 6.07. The lowest BCUT2D eigenvalue weighted by Crippen LogP contribution is -2.28. The summed E-state index contributed by atoms with van der Waals surface area (Å²) < 4.78 is 39.4. The van der Waals surface area contributed by atoms with Crippen LogP contribution in [0.4, 0.5) is 11.4 Å². The molecular weight excluding hydrogens is 554 g/mol. The molecule has 2 amide bonds. The summed E-state index contributed by atoms with van der Waals surface area (Å²) in [6.45, 7) is 0.710. The van der Waals surface area contributed by atoms with Gasteiger partial charge in [0.25, 0.3) is 11.8 Å². The number of anilines is 2. The molecule has 42 heavy (non-hydrogen) atoms. The first-order chi connectivity index (χ1) is 20.3. The zero-order valence-corrected chi connectivity index (χ0v) is 24.1. The van der Waals surface area contributed by atoms with Crippen molar-refractivity contribution in [3.63, 3.8) is 0 Å². The lowest BCUT2D eigenvalue weighted by atomic mass is 10.1. The molecule has 4 aromatic carbocycles. The maximum atomic E-state index is 13.2. The van der Waals surface area contributed by atoms with Crippen LogP contribution in [0.1, 0.15) is 31.8 Å². The smallest absolute Gasteiger partial charge is 0.258 e. The van der Waals surface area contributed by atoms with Gasteiger partial charge in [0.05, 0.1) is 14.2 Å². The number of hydrogen-bond donors (Lipinski definition) is 2. The number of amides is 2. The number of sulfonamides is 1. The maximum Gasteiger partial charge on any atom is 0.258 e. The van der Waals surface area contributed by atoms with E-state index in [2.05, 4.69) is 10.0 Å². The molecule has 2 N–H and O–H groups in total. The molecule has 0 saturated carbocycles. The predicted octanol–water partition coefficient (Wildman–Crippen LogP) is 4.68. The SMILES string of the molecule is COc1ccc(C(=O)N2CCc3ccc(NC(=O)c4ccc(OC)c(S(=O)(=O)NCCc5ccccc5)c4)cc32)cc1. The van der Waals surface area contributed by atoms with Crippen LogP contribution in [0, 0.1) is 0 Å². The molecule has 5 rings (SSSR count). The Hall–Kier alpha value is -4.67. The van der Waals surface area contributed by atoms with Gasteiger partial charge in [-0.05, 0) is 78.6 Å². The Morgan fingerprint density at radius 1 is 0.857 bits per heavy atom. The molecule has 4 aromatic rings. The number of hydrogen-bond acceptors (Lipinski definition) is 6. The molecule has 9 nitrogen and oxygen atoms in total. The molecular formula is C32H31N3O6S. The zero-order valence-electron chi connectivity index (χ0n) is 23.3. The number of benzene rings is 4. The van der Waals surface area contributed by atoms with E-state index >= 15 is 0 Å². The molecule has 0 atom stereocenters. The van der Waals surface area contributed by atoms with Crippen molar-refractivity contribution in [2.45, 2.75) is 17.7 Å². The second kappa shape index (κ2) is 12.5. The lowest BCUT2D eigenvalue weighted by molar-refractivity contribution is 0.0988. The molecule has 1 aliphatic heterocycles. The average molecular weight is 586 g/mol. The molecule has 0 fully saturated rings. The van der Waals surface area contributed by atoms with Crippen molar-refractivity contribution in [1.82, 2.24) is 4.72 Å². The largest absolute Gasteiger partial charge is 0.497 e. The first-order valence-electron chi connectivity index (χ1n) is 13.4. The molecule has 1 aliphatic rings. The van der Waals surface area contributed by atoms with Crippen LogP contribution in [-0.2, 0) is 22.9 Å². The number of fused-ring (bicyclic) bond motifs is 1. The van der Waals surface area contributed by atoms with Crippen molar-refractivity contribution in [1.29, 1.82) is 0 Å². The van der Waals surface area contributed by atoms with Crippen LogP contribution >= 0.6 is 0 Å². The third kappa shape index (κ3) is 6.29. The van der Waals surface area contributed by atoms with Gasteiger partial charge < -0.3 is 19.7 Å². The van der Waals surface area contributed by atoms with E-state index < -0.39 is 15.9 Å². The molecule has 10 heteroatoms. The highest BCUT2D eigenvalue weighted by atomic mass is 32.2. The molecule has 1 heterocycles. The van der Waals surface area contributed by atoms with E-state index in [9.17, 15) is 18.0 Å². The maximum absolute atomic E-state index is 13.2. The van der Waals surface area contributed by atoms with Gasteiger partial charge in [0, 0.05) is 35.6 Å². The van der Waals surface area contributed by atoms with E-state index in [0.717, 1.165) is 11.1 Å². The molecule has 0 spiro atoms. The van der Waals surface area contributed by atoms with Gasteiger partial charge in [0.1, 0.15) is 16.4 Å². The van der Waals surface area contributed by atoms with Gasteiger partial charge in [-0.1, -0.05) is 36.4 Å². The third-order valence-corrected chi connectivity index (χ3v) is 8.57. The van der Waals surface area contributed by atoms with Crippen molar-refractivity contribution in [2.75, 3.05) is 37.5 Å². The summed E-state index contributed by atoms with van der Waals surface area (Å²) >= 11 is 0. The number of nitrogens with zero attached hydrogens (tertiary/aromatic N) is 1.